The first kappa shape index (κ1) is 27.3. The second kappa shape index (κ2) is 12.6. The number of carbonyl (C=O) groups excluding carboxylic acids is 1. The fourth-order valence-electron chi connectivity index (χ4n) is 4.21. The number of rotatable bonds is 11. The summed E-state index contributed by atoms with van der Waals surface area (Å²) >= 11 is 6.21. The maximum absolute atomic E-state index is 14.6. The molecule has 1 aromatic rings. The van der Waals surface area contributed by atoms with Crippen molar-refractivity contribution in [3.05, 3.63) is 46.8 Å². The minimum atomic E-state index is -0.685. The molecule has 9 heteroatoms. The van der Waals surface area contributed by atoms with Crippen molar-refractivity contribution in [2.45, 2.75) is 51.1 Å². The molecule has 1 heterocycles. The molecule has 2 atom stereocenters. The van der Waals surface area contributed by atoms with Crippen LogP contribution in [-0.4, -0.2) is 65.9 Å². The lowest BCUT2D eigenvalue weighted by Gasteiger charge is -2.36. The predicted molar refractivity (Wildman–Crippen MR) is 133 cm³/mol. The largest absolute Gasteiger partial charge is 0.490 e. The van der Waals surface area contributed by atoms with E-state index in [1.165, 1.54) is 11.1 Å². The van der Waals surface area contributed by atoms with E-state index in [4.69, 9.17) is 21.6 Å². The van der Waals surface area contributed by atoms with Crippen molar-refractivity contribution in [3.63, 3.8) is 0 Å². The van der Waals surface area contributed by atoms with Crippen LogP contribution in [-0.2, 0) is 4.79 Å². The van der Waals surface area contributed by atoms with Crippen molar-refractivity contribution in [1.29, 1.82) is 5.26 Å². The summed E-state index contributed by atoms with van der Waals surface area (Å²) in [6, 6.07) is 7.19. The Morgan fingerprint density at radius 1 is 1.43 bits per heavy atom. The lowest BCUT2D eigenvalue weighted by molar-refractivity contribution is -0.117. The molecule has 0 saturated carbocycles. The maximum Gasteiger partial charge on any atom is 0.165 e. The summed E-state index contributed by atoms with van der Waals surface area (Å²) in [6.07, 6.45) is 7.47. The van der Waals surface area contributed by atoms with Gasteiger partial charge in [-0.3, -0.25) is 10.2 Å². The van der Waals surface area contributed by atoms with Gasteiger partial charge in [0.2, 0.25) is 0 Å². The number of halogens is 2. The first-order chi connectivity index (χ1) is 16.7. The fourth-order valence-corrected chi connectivity index (χ4v) is 4.52. The highest BCUT2D eigenvalue weighted by Crippen LogP contribution is 2.28. The summed E-state index contributed by atoms with van der Waals surface area (Å²) in [4.78, 5) is 13.7. The van der Waals surface area contributed by atoms with Crippen molar-refractivity contribution in [2.24, 2.45) is 5.92 Å². The first-order valence-electron chi connectivity index (χ1n) is 12.0. The molecule has 0 fully saturated rings. The zero-order valence-electron chi connectivity index (χ0n) is 20.3. The van der Waals surface area contributed by atoms with E-state index < -0.39 is 11.4 Å². The van der Waals surface area contributed by atoms with Crippen molar-refractivity contribution >= 4 is 23.5 Å². The van der Waals surface area contributed by atoms with Crippen LogP contribution >= 0.6 is 11.6 Å². The summed E-state index contributed by atoms with van der Waals surface area (Å²) in [5.74, 6) is -0.463. The predicted octanol–water partition coefficient (Wildman–Crippen LogP) is 4.32. The average Bonchev–Trinajstić information content (AvgIpc) is 2.84. The molecule has 2 aliphatic rings. The van der Waals surface area contributed by atoms with Crippen LogP contribution in [0.5, 0.6) is 5.75 Å². The van der Waals surface area contributed by atoms with Crippen LogP contribution in [0.4, 0.5) is 4.39 Å². The van der Waals surface area contributed by atoms with Crippen LogP contribution in [0.25, 0.3) is 5.57 Å². The van der Waals surface area contributed by atoms with Gasteiger partial charge in [-0.1, -0.05) is 29.8 Å². The van der Waals surface area contributed by atoms with Gasteiger partial charge in [0, 0.05) is 37.4 Å². The van der Waals surface area contributed by atoms with Gasteiger partial charge in [-0.05, 0) is 62.8 Å². The van der Waals surface area contributed by atoms with E-state index in [1.807, 2.05) is 37.0 Å². The van der Waals surface area contributed by atoms with Crippen LogP contribution in [0.15, 0.2) is 35.4 Å². The number of nitriles is 1. The number of benzene rings is 1. The van der Waals surface area contributed by atoms with Crippen molar-refractivity contribution in [3.8, 4) is 11.8 Å². The molecule has 3 rings (SSSR count). The molecule has 0 unspecified atom stereocenters. The van der Waals surface area contributed by atoms with Gasteiger partial charge in [0.25, 0.3) is 0 Å². The SMILES string of the molecule is CC(C)(C=O)N(CCCOc1ccc(C2=CCN(O)CC2)cc1F)CN[C@@H]1C=C(Cl)[C@H](C#N)CC1. The minimum absolute atomic E-state index is 0.0423. The Morgan fingerprint density at radius 2 is 2.23 bits per heavy atom. The molecule has 1 aliphatic carbocycles. The summed E-state index contributed by atoms with van der Waals surface area (Å²) in [7, 11) is 0. The van der Waals surface area contributed by atoms with Gasteiger partial charge >= 0.3 is 0 Å². The highest BCUT2D eigenvalue weighted by Gasteiger charge is 2.27. The normalized spacial score (nSPS) is 21.3. The molecule has 1 aliphatic heterocycles. The second-order valence-corrected chi connectivity index (χ2v) is 9.99. The number of hydrogen-bond donors (Lipinski definition) is 2. The third-order valence-corrected chi connectivity index (χ3v) is 6.97. The average molecular weight is 505 g/mol. The standard InChI is InChI=1S/C26H34ClFN4O3/c1-26(2,17-33)31(18-30-22-6-4-21(16-29)23(27)15-22)10-3-13-35-25-7-5-20(14-24(25)28)19-8-11-32(34)12-9-19/h5,7-8,14-15,17,21-22,30,34H,3-4,6,9-13,18H2,1-2H3/t21-,22-/m0/s1. The van der Waals surface area contributed by atoms with Crippen LogP contribution in [0.1, 0.15) is 45.1 Å². The van der Waals surface area contributed by atoms with Crippen LogP contribution in [0, 0.1) is 23.1 Å². The Bertz CT molecular complexity index is 991. The molecule has 35 heavy (non-hydrogen) atoms. The molecule has 1 aromatic carbocycles. The van der Waals surface area contributed by atoms with E-state index in [2.05, 4.69) is 11.4 Å². The van der Waals surface area contributed by atoms with Crippen molar-refractivity contribution in [1.82, 2.24) is 15.3 Å². The van der Waals surface area contributed by atoms with Gasteiger partial charge in [0.1, 0.15) is 6.29 Å². The highest BCUT2D eigenvalue weighted by atomic mass is 35.5. The zero-order valence-corrected chi connectivity index (χ0v) is 21.1. The number of carbonyl (C=O) groups is 1. The molecule has 0 spiro atoms. The lowest BCUT2D eigenvalue weighted by Crippen LogP contribution is -2.52. The van der Waals surface area contributed by atoms with Gasteiger partial charge in [0.15, 0.2) is 11.6 Å². The number of hydroxylamine groups is 2. The van der Waals surface area contributed by atoms with Gasteiger partial charge in [-0.2, -0.15) is 10.3 Å². The first-order valence-corrected chi connectivity index (χ1v) is 12.4. The molecular formula is C26H34ClFN4O3. The van der Waals surface area contributed by atoms with Crippen LogP contribution < -0.4 is 10.1 Å². The third-order valence-electron chi connectivity index (χ3n) is 6.58. The van der Waals surface area contributed by atoms with E-state index in [0.717, 1.165) is 23.8 Å². The van der Waals surface area contributed by atoms with Gasteiger partial charge in [0.05, 0.1) is 24.1 Å². The second-order valence-electron chi connectivity index (χ2n) is 9.55. The molecule has 0 amide bonds. The number of aldehydes is 1. The van der Waals surface area contributed by atoms with E-state index in [-0.39, 0.29) is 17.7 Å². The third kappa shape index (κ3) is 7.60. The fraction of sp³-hybridized carbons (Fsp3) is 0.538. The zero-order chi connectivity index (χ0) is 25.4. The maximum atomic E-state index is 14.6. The summed E-state index contributed by atoms with van der Waals surface area (Å²) in [6.45, 7) is 6.02. The Kier molecular flexibility index (Phi) is 9.84. The summed E-state index contributed by atoms with van der Waals surface area (Å²) in [5, 5.41) is 23.8. The number of nitrogens with zero attached hydrogens (tertiary/aromatic N) is 3. The molecule has 0 bridgehead atoms. The summed E-state index contributed by atoms with van der Waals surface area (Å²) in [5.41, 5.74) is 1.12. The Labute approximate surface area is 211 Å². The van der Waals surface area contributed by atoms with Crippen LogP contribution in [0.3, 0.4) is 0 Å². The monoisotopic (exact) mass is 504 g/mol. The Morgan fingerprint density at radius 3 is 2.86 bits per heavy atom. The van der Waals surface area contributed by atoms with E-state index in [0.29, 0.717) is 57.2 Å². The summed E-state index contributed by atoms with van der Waals surface area (Å²) < 4.78 is 20.3. The topological polar surface area (TPSA) is 88.8 Å². The molecule has 0 saturated heterocycles. The highest BCUT2D eigenvalue weighted by molar-refractivity contribution is 6.30. The molecule has 2 N–H and O–H groups in total. The van der Waals surface area contributed by atoms with Crippen LogP contribution in [0.2, 0.25) is 0 Å². The lowest BCUT2D eigenvalue weighted by atomic mass is 9.93. The number of ether oxygens (including phenoxy) is 1. The number of nitrogens with one attached hydrogen (secondary N) is 1. The number of allylic oxidation sites excluding steroid dienone is 1. The van der Waals surface area contributed by atoms with Crippen molar-refractivity contribution in [2.75, 3.05) is 32.9 Å². The van der Waals surface area contributed by atoms with Crippen molar-refractivity contribution < 1.29 is 19.1 Å². The van der Waals surface area contributed by atoms with E-state index >= 15 is 0 Å². The molecule has 0 radical (unpaired) electrons. The molecule has 7 nitrogen and oxygen atoms in total. The van der Waals surface area contributed by atoms with Gasteiger partial charge in [-0.15, -0.1) is 0 Å². The van der Waals surface area contributed by atoms with E-state index in [9.17, 15) is 14.4 Å². The van der Waals surface area contributed by atoms with E-state index in [1.54, 1.807) is 6.07 Å². The van der Waals surface area contributed by atoms with Gasteiger partial charge in [-0.25, -0.2) is 4.39 Å². The smallest absolute Gasteiger partial charge is 0.165 e. The molecular weight excluding hydrogens is 471 g/mol. The quantitative estimate of drug-likeness (QED) is 0.263. The van der Waals surface area contributed by atoms with Gasteiger partial charge < -0.3 is 14.7 Å². The Hall–Kier alpha value is -2.28. The minimum Gasteiger partial charge on any atom is -0.490 e. The molecule has 0 aromatic heterocycles. The molecule has 190 valence electrons. The number of hydrogen-bond acceptors (Lipinski definition) is 7. The Balaban J connectivity index is 1.51.